The quantitative estimate of drug-likeness (QED) is 0.813. The Morgan fingerprint density at radius 3 is 2.80 bits per heavy atom. The van der Waals surface area contributed by atoms with Crippen molar-refractivity contribution in [3.63, 3.8) is 0 Å². The number of halogens is 1. The second-order valence-electron chi connectivity index (χ2n) is 4.83. The second kappa shape index (κ2) is 5.02. The lowest BCUT2D eigenvalue weighted by atomic mass is 10.2. The Bertz CT molecular complexity index is 769. The molecular formula is C13H12ClNO3S2. The Balaban J connectivity index is 1.83. The van der Waals surface area contributed by atoms with Crippen LogP contribution in [0.4, 0.5) is 0 Å². The Morgan fingerprint density at radius 2 is 2.10 bits per heavy atom. The highest BCUT2D eigenvalue weighted by Crippen LogP contribution is 2.29. The Hall–Kier alpha value is -1.11. The molecule has 1 aromatic carbocycles. The lowest BCUT2D eigenvalue weighted by Gasteiger charge is -2.15. The summed E-state index contributed by atoms with van der Waals surface area (Å²) in [5.41, 5.74) is 1.05. The average molecular weight is 330 g/mol. The van der Waals surface area contributed by atoms with Crippen molar-refractivity contribution in [3.05, 3.63) is 35.2 Å². The molecule has 20 heavy (non-hydrogen) atoms. The summed E-state index contributed by atoms with van der Waals surface area (Å²) in [7, 11) is 1.66. The van der Waals surface area contributed by atoms with Crippen molar-refractivity contribution in [2.45, 2.75) is 18.2 Å². The van der Waals surface area contributed by atoms with Crippen molar-refractivity contribution >= 4 is 47.1 Å². The molecule has 0 N–H and O–H groups in total. The summed E-state index contributed by atoms with van der Waals surface area (Å²) in [6, 6.07) is 7.97. The molecule has 0 saturated carbocycles. The van der Waals surface area contributed by atoms with Gasteiger partial charge in [-0.3, -0.25) is 4.79 Å². The van der Waals surface area contributed by atoms with E-state index in [-0.39, 0.29) is 18.9 Å². The van der Waals surface area contributed by atoms with Crippen LogP contribution in [0.15, 0.2) is 29.6 Å². The van der Waals surface area contributed by atoms with Crippen molar-refractivity contribution in [2.24, 2.45) is 0 Å². The number of likely N-dealkylation sites (tertiary alicyclic amines) is 1. The summed E-state index contributed by atoms with van der Waals surface area (Å²) in [4.78, 5) is 13.5. The van der Waals surface area contributed by atoms with E-state index in [0.29, 0.717) is 6.54 Å². The van der Waals surface area contributed by atoms with Crippen molar-refractivity contribution in [3.8, 4) is 0 Å². The molecule has 106 valence electrons. The third-order valence-corrected chi connectivity index (χ3v) is 6.38. The van der Waals surface area contributed by atoms with Gasteiger partial charge in [0.05, 0.1) is 0 Å². The Kier molecular flexibility index (Phi) is 3.48. The average Bonchev–Trinajstić information content (AvgIpc) is 2.95. The number of hydrogen-bond acceptors (Lipinski definition) is 4. The van der Waals surface area contributed by atoms with Gasteiger partial charge < -0.3 is 4.90 Å². The predicted octanol–water partition coefficient (Wildman–Crippen LogP) is 2.57. The van der Waals surface area contributed by atoms with E-state index >= 15 is 0 Å². The molecule has 1 aromatic heterocycles. The van der Waals surface area contributed by atoms with E-state index in [9.17, 15) is 13.2 Å². The number of benzene rings is 1. The third kappa shape index (κ3) is 2.55. The lowest BCUT2D eigenvalue weighted by molar-refractivity contribution is -0.128. The van der Waals surface area contributed by atoms with Gasteiger partial charge in [-0.2, -0.15) is 0 Å². The monoisotopic (exact) mass is 329 g/mol. The Morgan fingerprint density at radius 1 is 1.35 bits per heavy atom. The molecule has 3 rings (SSSR count). The highest BCUT2D eigenvalue weighted by molar-refractivity contribution is 8.14. The topological polar surface area (TPSA) is 54.5 Å². The van der Waals surface area contributed by atoms with Gasteiger partial charge in [-0.1, -0.05) is 18.2 Å². The minimum absolute atomic E-state index is 0.0199. The molecule has 0 spiro atoms. The van der Waals surface area contributed by atoms with Crippen molar-refractivity contribution in [1.29, 1.82) is 0 Å². The highest BCUT2D eigenvalue weighted by atomic mass is 35.7. The van der Waals surface area contributed by atoms with Gasteiger partial charge in [-0.25, -0.2) is 8.42 Å². The number of fused-ring (bicyclic) bond motifs is 1. The molecule has 1 saturated heterocycles. The second-order valence-corrected chi connectivity index (χ2v) is 8.65. The van der Waals surface area contributed by atoms with Crippen LogP contribution in [-0.2, 0) is 20.4 Å². The summed E-state index contributed by atoms with van der Waals surface area (Å²) in [6.07, 6.45) is -0.0199. The molecule has 2 aromatic rings. The zero-order valence-corrected chi connectivity index (χ0v) is 12.8. The molecule has 4 nitrogen and oxygen atoms in total. The van der Waals surface area contributed by atoms with Crippen LogP contribution in [0.5, 0.6) is 0 Å². The fourth-order valence-electron chi connectivity index (χ4n) is 2.44. The van der Waals surface area contributed by atoms with Gasteiger partial charge in [0.2, 0.25) is 15.0 Å². The van der Waals surface area contributed by atoms with Gasteiger partial charge >= 0.3 is 0 Å². The molecule has 1 aliphatic rings. The molecule has 1 aliphatic heterocycles. The van der Waals surface area contributed by atoms with E-state index in [1.807, 2.05) is 29.6 Å². The maximum Gasteiger partial charge on any atom is 0.237 e. The maximum atomic E-state index is 11.9. The first-order valence-corrected chi connectivity index (χ1v) is 9.37. The standard InChI is InChI=1S/C13H12ClNO3S2/c14-20(17,18)10-5-13(16)15(7-10)6-9-8-19-12-4-2-1-3-11(9)12/h1-4,8,10H,5-7H2. The van der Waals surface area contributed by atoms with Gasteiger partial charge in [0.15, 0.2) is 0 Å². The van der Waals surface area contributed by atoms with Crippen LogP contribution in [0.2, 0.25) is 0 Å². The minimum atomic E-state index is -3.68. The van der Waals surface area contributed by atoms with Crippen LogP contribution in [0.1, 0.15) is 12.0 Å². The summed E-state index contributed by atoms with van der Waals surface area (Å²) in [6.45, 7) is 0.612. The van der Waals surface area contributed by atoms with E-state index < -0.39 is 14.3 Å². The van der Waals surface area contributed by atoms with Gasteiger partial charge in [-0.15, -0.1) is 11.3 Å². The molecule has 0 bridgehead atoms. The third-order valence-electron chi connectivity index (χ3n) is 3.50. The number of carbonyl (C=O) groups is 1. The van der Waals surface area contributed by atoms with Gasteiger partial charge in [0.1, 0.15) is 5.25 Å². The molecule has 1 fully saturated rings. The largest absolute Gasteiger partial charge is 0.337 e. The van der Waals surface area contributed by atoms with Crippen LogP contribution < -0.4 is 0 Å². The zero-order chi connectivity index (χ0) is 14.3. The molecule has 7 heteroatoms. The normalized spacial score (nSPS) is 19.9. The Labute approximate surface area is 125 Å². The highest BCUT2D eigenvalue weighted by Gasteiger charge is 2.37. The minimum Gasteiger partial charge on any atom is -0.337 e. The van der Waals surface area contributed by atoms with Crippen LogP contribution in [0.3, 0.4) is 0 Å². The number of amides is 1. The summed E-state index contributed by atoms with van der Waals surface area (Å²) in [5, 5.41) is 2.34. The molecule has 2 heterocycles. The van der Waals surface area contributed by atoms with Gasteiger partial charge in [0, 0.05) is 34.9 Å². The van der Waals surface area contributed by atoms with Gasteiger partial charge in [0.25, 0.3) is 0 Å². The molecule has 1 unspecified atom stereocenters. The lowest BCUT2D eigenvalue weighted by Crippen LogP contribution is -2.26. The van der Waals surface area contributed by atoms with Crippen LogP contribution in [0.25, 0.3) is 10.1 Å². The number of thiophene rings is 1. The number of nitrogens with zero attached hydrogens (tertiary/aromatic N) is 1. The number of rotatable bonds is 3. The van der Waals surface area contributed by atoms with Crippen molar-refractivity contribution in [1.82, 2.24) is 4.90 Å². The summed E-state index contributed by atoms with van der Waals surface area (Å²) >= 11 is 1.62. The first-order valence-electron chi connectivity index (χ1n) is 6.11. The molecule has 1 atom stereocenters. The van der Waals surface area contributed by atoms with Crippen LogP contribution in [0, 0.1) is 0 Å². The maximum absolute atomic E-state index is 11.9. The van der Waals surface area contributed by atoms with Crippen molar-refractivity contribution < 1.29 is 13.2 Å². The number of hydrogen-bond donors (Lipinski definition) is 0. The van der Waals surface area contributed by atoms with E-state index in [0.717, 1.165) is 15.6 Å². The number of carbonyl (C=O) groups excluding carboxylic acids is 1. The van der Waals surface area contributed by atoms with E-state index in [1.54, 1.807) is 16.2 Å². The fraction of sp³-hybridized carbons (Fsp3) is 0.308. The SMILES string of the molecule is O=C1CC(S(=O)(=O)Cl)CN1Cc1csc2ccccc12. The zero-order valence-electron chi connectivity index (χ0n) is 10.5. The fourth-order valence-corrected chi connectivity index (χ4v) is 4.45. The predicted molar refractivity (Wildman–Crippen MR) is 80.4 cm³/mol. The van der Waals surface area contributed by atoms with Crippen LogP contribution in [-0.4, -0.2) is 31.0 Å². The summed E-state index contributed by atoms with van der Waals surface area (Å²) < 4.78 is 23.8. The van der Waals surface area contributed by atoms with E-state index in [4.69, 9.17) is 10.7 Å². The molecule has 1 amide bonds. The molecule has 0 aliphatic carbocycles. The first-order chi connectivity index (χ1) is 9.45. The van der Waals surface area contributed by atoms with E-state index in [1.165, 1.54) is 0 Å². The van der Waals surface area contributed by atoms with Crippen LogP contribution >= 0.6 is 22.0 Å². The summed E-state index contributed by atoms with van der Waals surface area (Å²) in [5.74, 6) is -0.158. The first kappa shape index (κ1) is 13.9. The molecular weight excluding hydrogens is 318 g/mol. The van der Waals surface area contributed by atoms with E-state index in [2.05, 4.69) is 0 Å². The molecule has 0 radical (unpaired) electrons. The smallest absolute Gasteiger partial charge is 0.237 e. The van der Waals surface area contributed by atoms with Gasteiger partial charge in [-0.05, 0) is 22.4 Å². The van der Waals surface area contributed by atoms with Crippen molar-refractivity contribution in [2.75, 3.05) is 6.54 Å².